The first kappa shape index (κ1) is 17.2. The highest BCUT2D eigenvalue weighted by molar-refractivity contribution is 7.12. The minimum Gasteiger partial charge on any atom is -0.489 e. The minimum absolute atomic E-state index is 0.0249. The van der Waals surface area contributed by atoms with Crippen molar-refractivity contribution in [3.8, 4) is 5.75 Å². The highest BCUT2D eigenvalue weighted by Gasteiger charge is 2.09. The number of ether oxygens (including phenoxy) is 1. The number of thiophene rings is 1. The monoisotopic (exact) mass is 351 g/mol. The molecule has 128 valence electrons. The van der Waals surface area contributed by atoms with Crippen molar-refractivity contribution >= 4 is 17.2 Å². The lowest BCUT2D eigenvalue weighted by molar-refractivity contribution is 0.0958. The van der Waals surface area contributed by atoms with Crippen LogP contribution in [0.2, 0.25) is 0 Å². The molecule has 0 saturated carbocycles. The second kappa shape index (κ2) is 8.49. The van der Waals surface area contributed by atoms with Crippen LogP contribution >= 0.6 is 11.3 Å². The molecule has 0 atom stereocenters. The molecule has 2 aromatic carbocycles. The highest BCUT2D eigenvalue weighted by Crippen LogP contribution is 2.20. The first-order chi connectivity index (χ1) is 12.2. The number of para-hydroxylation sites is 1. The van der Waals surface area contributed by atoms with Crippen molar-refractivity contribution in [1.82, 2.24) is 5.32 Å². The van der Waals surface area contributed by atoms with Crippen molar-refractivity contribution < 1.29 is 9.53 Å². The van der Waals surface area contributed by atoms with Gasteiger partial charge >= 0.3 is 0 Å². The smallest absolute Gasteiger partial charge is 0.261 e. The summed E-state index contributed by atoms with van der Waals surface area (Å²) in [6.45, 7) is 3.13. The Labute approximate surface area is 152 Å². The zero-order valence-corrected chi connectivity index (χ0v) is 15.0. The molecule has 0 saturated heterocycles. The number of amides is 1. The van der Waals surface area contributed by atoms with E-state index >= 15 is 0 Å². The molecule has 3 rings (SSSR count). The van der Waals surface area contributed by atoms with Gasteiger partial charge in [-0.05, 0) is 42.0 Å². The van der Waals surface area contributed by atoms with Gasteiger partial charge in [0.25, 0.3) is 5.91 Å². The molecule has 0 bridgehead atoms. The van der Waals surface area contributed by atoms with Crippen LogP contribution in [-0.2, 0) is 13.0 Å². The van der Waals surface area contributed by atoms with Gasteiger partial charge in [-0.2, -0.15) is 0 Å². The standard InChI is InChI=1S/C21H21NO2S/c1-16-7-5-6-10-19(16)24-14-18-13-20(25-15-18)21(23)22-12-11-17-8-3-2-4-9-17/h2-10,13,15H,11-12,14H2,1H3,(H,22,23). The number of benzene rings is 2. The van der Waals surface area contributed by atoms with Gasteiger partial charge in [-0.25, -0.2) is 0 Å². The first-order valence-corrected chi connectivity index (χ1v) is 9.18. The molecule has 4 heteroatoms. The molecule has 0 fully saturated rings. The Kier molecular flexibility index (Phi) is 5.86. The van der Waals surface area contributed by atoms with E-state index in [2.05, 4.69) is 17.4 Å². The maximum Gasteiger partial charge on any atom is 0.261 e. The van der Waals surface area contributed by atoms with Crippen molar-refractivity contribution in [3.63, 3.8) is 0 Å². The Bertz CT molecular complexity index is 827. The van der Waals surface area contributed by atoms with E-state index in [1.165, 1.54) is 16.9 Å². The highest BCUT2D eigenvalue weighted by atomic mass is 32.1. The first-order valence-electron chi connectivity index (χ1n) is 8.30. The lowest BCUT2D eigenvalue weighted by Gasteiger charge is -2.07. The fourth-order valence-electron chi connectivity index (χ4n) is 2.50. The van der Waals surface area contributed by atoms with Gasteiger partial charge in [-0.1, -0.05) is 48.5 Å². The Morgan fingerprint density at radius 3 is 2.60 bits per heavy atom. The van der Waals surface area contributed by atoms with Crippen molar-refractivity contribution in [2.75, 3.05) is 6.54 Å². The van der Waals surface area contributed by atoms with Gasteiger partial charge in [0.15, 0.2) is 0 Å². The van der Waals surface area contributed by atoms with E-state index < -0.39 is 0 Å². The van der Waals surface area contributed by atoms with Crippen molar-refractivity contribution in [2.45, 2.75) is 20.0 Å². The minimum atomic E-state index is -0.0249. The van der Waals surface area contributed by atoms with Crippen LogP contribution < -0.4 is 10.1 Å². The summed E-state index contributed by atoms with van der Waals surface area (Å²) in [6, 6.07) is 20.0. The SMILES string of the molecule is Cc1ccccc1OCc1csc(C(=O)NCCc2ccccc2)c1. The molecule has 25 heavy (non-hydrogen) atoms. The van der Waals surface area contributed by atoms with Crippen molar-refractivity contribution in [1.29, 1.82) is 0 Å². The molecule has 0 spiro atoms. The lowest BCUT2D eigenvalue weighted by Crippen LogP contribution is -2.24. The number of aryl methyl sites for hydroxylation is 1. The van der Waals surface area contributed by atoms with Gasteiger partial charge in [0.1, 0.15) is 12.4 Å². The quantitative estimate of drug-likeness (QED) is 0.675. The number of hydrogen-bond acceptors (Lipinski definition) is 3. The van der Waals surface area contributed by atoms with E-state index in [9.17, 15) is 4.79 Å². The Balaban J connectivity index is 1.49. The third kappa shape index (κ3) is 4.94. The number of rotatable bonds is 7. The lowest BCUT2D eigenvalue weighted by atomic mass is 10.1. The van der Waals surface area contributed by atoms with Gasteiger partial charge in [-0.15, -0.1) is 11.3 Å². The second-order valence-electron chi connectivity index (χ2n) is 5.86. The summed E-state index contributed by atoms with van der Waals surface area (Å²) in [4.78, 5) is 13.0. The Hall–Kier alpha value is -2.59. The fourth-order valence-corrected chi connectivity index (χ4v) is 3.32. The molecule has 3 nitrogen and oxygen atoms in total. The Morgan fingerprint density at radius 2 is 1.80 bits per heavy atom. The van der Waals surface area contributed by atoms with E-state index in [4.69, 9.17) is 4.74 Å². The molecule has 3 aromatic rings. The molecule has 0 aliphatic heterocycles. The topological polar surface area (TPSA) is 38.3 Å². The van der Waals surface area contributed by atoms with E-state index in [1.54, 1.807) is 0 Å². The van der Waals surface area contributed by atoms with Crippen molar-refractivity contribution in [2.24, 2.45) is 0 Å². The summed E-state index contributed by atoms with van der Waals surface area (Å²) in [7, 11) is 0. The molecule has 0 aliphatic carbocycles. The van der Waals surface area contributed by atoms with E-state index in [0.29, 0.717) is 13.2 Å². The maximum absolute atomic E-state index is 12.2. The summed E-state index contributed by atoms with van der Waals surface area (Å²) in [6.07, 6.45) is 0.835. The molecule has 0 radical (unpaired) electrons. The van der Waals surface area contributed by atoms with Crippen LogP contribution in [0.25, 0.3) is 0 Å². The summed E-state index contributed by atoms with van der Waals surface area (Å²) in [5, 5.41) is 4.95. The number of hydrogen-bond donors (Lipinski definition) is 1. The average Bonchev–Trinajstić information content (AvgIpc) is 3.11. The van der Waals surface area contributed by atoms with Gasteiger partial charge in [0, 0.05) is 12.1 Å². The van der Waals surface area contributed by atoms with Crippen LogP contribution in [0.15, 0.2) is 66.0 Å². The van der Waals surface area contributed by atoms with Crippen LogP contribution in [0.5, 0.6) is 5.75 Å². The van der Waals surface area contributed by atoms with Gasteiger partial charge < -0.3 is 10.1 Å². The molecular formula is C21H21NO2S. The van der Waals surface area contributed by atoms with Crippen molar-refractivity contribution in [3.05, 3.63) is 87.6 Å². The molecule has 0 aliphatic rings. The summed E-state index contributed by atoms with van der Waals surface area (Å²) in [5.41, 5.74) is 3.35. The zero-order chi connectivity index (χ0) is 17.5. The second-order valence-corrected chi connectivity index (χ2v) is 6.78. The Morgan fingerprint density at radius 1 is 1.04 bits per heavy atom. The van der Waals surface area contributed by atoms with Crippen LogP contribution in [-0.4, -0.2) is 12.5 Å². The molecular weight excluding hydrogens is 330 g/mol. The van der Waals surface area contributed by atoms with E-state index in [0.717, 1.165) is 28.2 Å². The molecule has 1 aromatic heterocycles. The average molecular weight is 351 g/mol. The van der Waals surface area contributed by atoms with Crippen LogP contribution in [0.4, 0.5) is 0 Å². The number of nitrogens with one attached hydrogen (secondary N) is 1. The van der Waals surface area contributed by atoms with E-state index in [-0.39, 0.29) is 5.91 Å². The number of carbonyl (C=O) groups excluding carboxylic acids is 1. The predicted octanol–water partition coefficient (Wildman–Crippen LogP) is 4.61. The third-order valence-corrected chi connectivity index (χ3v) is 4.89. The largest absolute Gasteiger partial charge is 0.489 e. The maximum atomic E-state index is 12.2. The normalized spacial score (nSPS) is 10.4. The van der Waals surface area contributed by atoms with Crippen LogP contribution in [0.3, 0.4) is 0 Å². The molecule has 1 heterocycles. The fraction of sp³-hybridized carbons (Fsp3) is 0.190. The molecule has 0 unspecified atom stereocenters. The third-order valence-electron chi connectivity index (χ3n) is 3.91. The molecule has 1 N–H and O–H groups in total. The predicted molar refractivity (Wildman–Crippen MR) is 102 cm³/mol. The summed E-state index contributed by atoms with van der Waals surface area (Å²) >= 11 is 1.45. The van der Waals surface area contributed by atoms with Crippen LogP contribution in [0, 0.1) is 6.92 Å². The van der Waals surface area contributed by atoms with Gasteiger partial charge in [0.05, 0.1) is 4.88 Å². The summed E-state index contributed by atoms with van der Waals surface area (Å²) < 4.78 is 5.83. The van der Waals surface area contributed by atoms with E-state index in [1.807, 2.05) is 60.8 Å². The number of carbonyl (C=O) groups is 1. The van der Waals surface area contributed by atoms with Gasteiger partial charge in [-0.3, -0.25) is 4.79 Å². The summed E-state index contributed by atoms with van der Waals surface area (Å²) in [5.74, 6) is 0.852. The van der Waals surface area contributed by atoms with Gasteiger partial charge in [0.2, 0.25) is 0 Å². The zero-order valence-electron chi connectivity index (χ0n) is 14.2. The van der Waals surface area contributed by atoms with Crippen LogP contribution in [0.1, 0.15) is 26.4 Å². The molecule has 1 amide bonds.